The molecule has 0 spiro atoms. The number of imidazole rings is 2. The van der Waals surface area contributed by atoms with Gasteiger partial charge in [-0.2, -0.15) is 0 Å². The third kappa shape index (κ3) is 4.95. The number of para-hydroxylation sites is 6. The van der Waals surface area contributed by atoms with Gasteiger partial charge in [-0.05, 0) is 85.8 Å². The summed E-state index contributed by atoms with van der Waals surface area (Å²) in [6, 6.07) is 62.7. The maximum absolute atomic E-state index is 12.6. The van der Waals surface area contributed by atoms with Crippen molar-refractivity contribution in [3.8, 4) is 17.2 Å². The van der Waals surface area contributed by atoms with Gasteiger partial charge >= 0.3 is 0 Å². The van der Waals surface area contributed by atoms with E-state index in [0.29, 0.717) is 0 Å². The molecular weight excluding hydrogens is 715 g/mol. The molecule has 0 saturated carbocycles. The quantitative estimate of drug-likeness (QED) is 0.165. The summed E-state index contributed by atoms with van der Waals surface area (Å²) < 4.78 is 11.8. The second-order valence-corrected chi connectivity index (χ2v) is 19.7. The number of hydrogen-bond acceptors (Lipinski definition) is 3. The van der Waals surface area contributed by atoms with E-state index in [2.05, 4.69) is 195 Å². The molecule has 0 saturated heterocycles. The van der Waals surface area contributed by atoms with E-state index < -0.39 is 26.2 Å². The van der Waals surface area contributed by atoms with Crippen LogP contribution in [-0.2, 0) is 5.41 Å². The van der Waals surface area contributed by atoms with E-state index in [1.807, 2.05) is 26.9 Å². The molecular formula is C48H42B3N3O2S. The Hall–Kier alpha value is -5.89. The molecule has 10 rings (SSSR count). The first-order valence-corrected chi connectivity index (χ1v) is 21.2. The highest BCUT2D eigenvalue weighted by molar-refractivity contribution is 8.34. The maximum Gasteiger partial charge on any atom is 0.220 e. The van der Waals surface area contributed by atoms with Gasteiger partial charge in [-0.15, -0.1) is 10.0 Å². The Bertz CT molecular complexity index is 2930. The lowest BCUT2D eigenvalue weighted by molar-refractivity contribution is 0.0600. The van der Waals surface area contributed by atoms with Crippen molar-refractivity contribution in [3.05, 3.63) is 187 Å². The monoisotopic (exact) mass is 757 g/mol. The van der Waals surface area contributed by atoms with Crippen LogP contribution >= 0.6 is 10.0 Å². The Kier molecular flexibility index (Phi) is 7.99. The van der Waals surface area contributed by atoms with Crippen molar-refractivity contribution in [3.63, 3.8) is 0 Å². The highest BCUT2D eigenvalue weighted by Crippen LogP contribution is 2.77. The van der Waals surface area contributed by atoms with Crippen LogP contribution < -0.4 is 4.74 Å². The average molecular weight is 757 g/mol. The highest BCUT2D eigenvalue weighted by Gasteiger charge is 2.59. The molecule has 2 aromatic heterocycles. The van der Waals surface area contributed by atoms with Gasteiger partial charge in [0.1, 0.15) is 35.0 Å². The third-order valence-electron chi connectivity index (χ3n) is 12.0. The van der Waals surface area contributed by atoms with Crippen molar-refractivity contribution in [2.45, 2.75) is 49.6 Å². The number of hydrogen-bond donors (Lipinski definition) is 1. The first kappa shape index (κ1) is 35.5. The molecule has 1 aliphatic rings. The normalized spacial score (nSPS) is 16.8. The zero-order valence-corrected chi connectivity index (χ0v) is 33.7. The summed E-state index contributed by atoms with van der Waals surface area (Å²) in [7, 11) is 4.14. The molecule has 1 N–H and O–H groups in total. The van der Waals surface area contributed by atoms with Crippen LogP contribution in [0.5, 0.6) is 11.5 Å². The molecule has 0 radical (unpaired) electrons. The number of ether oxygens (including phenoxy) is 1. The fourth-order valence-electron chi connectivity index (χ4n) is 10.1. The van der Waals surface area contributed by atoms with E-state index in [0.717, 1.165) is 65.9 Å². The molecule has 5 nitrogen and oxygen atoms in total. The Balaban J connectivity index is 1.34. The molecule has 2 unspecified atom stereocenters. The molecule has 3 heterocycles. The molecule has 57 heavy (non-hydrogen) atoms. The van der Waals surface area contributed by atoms with E-state index in [-0.39, 0.29) is 0 Å². The first-order valence-electron chi connectivity index (χ1n) is 19.6. The lowest BCUT2D eigenvalue weighted by atomic mass is 9.33. The van der Waals surface area contributed by atoms with Crippen LogP contribution in [0.2, 0.25) is 5.21 Å². The van der Waals surface area contributed by atoms with Gasteiger partial charge in [0.2, 0.25) is 5.78 Å². The van der Waals surface area contributed by atoms with Gasteiger partial charge in [-0.1, -0.05) is 109 Å². The summed E-state index contributed by atoms with van der Waals surface area (Å²) in [5.41, 5.74) is 5.24. The van der Waals surface area contributed by atoms with Crippen molar-refractivity contribution in [1.82, 2.24) is 14.0 Å². The first-order chi connectivity index (χ1) is 27.6. The second-order valence-electron chi connectivity index (χ2n) is 16.6. The average Bonchev–Trinajstić information content (AvgIpc) is 3.75. The third-order valence-corrected chi connectivity index (χ3v) is 15.9. The van der Waals surface area contributed by atoms with Gasteiger partial charge in [0.05, 0.1) is 27.8 Å². The largest absolute Gasteiger partial charge is 0.456 e. The van der Waals surface area contributed by atoms with Crippen molar-refractivity contribution < 1.29 is 9.84 Å². The number of aliphatic hydroxyl groups is 1. The molecule has 9 heteroatoms. The smallest absolute Gasteiger partial charge is 0.220 e. The van der Waals surface area contributed by atoms with E-state index >= 15 is 0 Å². The molecule has 0 aliphatic carbocycles. The SMILES string of the molecule is BC(B)(C)C1(C(B)(C)O)c2ccccc2Oc2c1cccc2S(c1ccccc1)(c1ccccc1)c1cccc(-n2c3ccccc3n3c4ccccc4nc23)c1. The lowest BCUT2D eigenvalue weighted by Crippen LogP contribution is -2.59. The summed E-state index contributed by atoms with van der Waals surface area (Å²) in [4.78, 5) is 9.83. The molecule has 7 aromatic carbocycles. The Labute approximate surface area is 337 Å². The number of nitrogens with zero attached hydrogens (tertiary/aromatic N) is 3. The highest BCUT2D eigenvalue weighted by atomic mass is 32.3. The van der Waals surface area contributed by atoms with Crippen LogP contribution in [0, 0.1) is 0 Å². The number of benzene rings is 7. The number of fused-ring (bicyclic) bond motifs is 7. The maximum atomic E-state index is 12.6. The second kappa shape index (κ2) is 12.8. The lowest BCUT2D eigenvalue weighted by Gasteiger charge is -2.57. The summed E-state index contributed by atoms with van der Waals surface area (Å²) in [6.07, 6.45) is 0. The van der Waals surface area contributed by atoms with Crippen molar-refractivity contribution >= 4 is 61.4 Å². The summed E-state index contributed by atoms with van der Waals surface area (Å²) >= 11 is 0. The number of rotatable bonds is 7. The predicted octanol–water partition coefficient (Wildman–Crippen LogP) is 8.91. The van der Waals surface area contributed by atoms with Crippen LogP contribution in [0.1, 0.15) is 25.0 Å². The standard InChI is InChI=1S/C48H42B3N3O2S/c1-46(49,50)48(47(2,51)55)36-23-9-14-29-42(36)56-44-37(48)24-16-30-43(44)57(33-18-5-3-6-19-33,34-20-7-4-8-21-34)35-22-15-17-32(31-35)53-40-27-12-13-28-41(40)54-39-26-11-10-25-38(39)52-45(53)54/h3-31,55H,49-51H2,1-2H3. The van der Waals surface area contributed by atoms with Gasteiger partial charge in [-0.3, -0.25) is 8.97 Å². The van der Waals surface area contributed by atoms with E-state index in [9.17, 15) is 5.11 Å². The van der Waals surface area contributed by atoms with E-state index in [4.69, 9.17) is 9.72 Å². The molecule has 0 bridgehead atoms. The number of aromatic nitrogens is 3. The van der Waals surface area contributed by atoms with Gasteiger partial charge in [-0.25, -0.2) is 4.98 Å². The topological polar surface area (TPSA) is 51.7 Å². The van der Waals surface area contributed by atoms with Crippen LogP contribution in [-0.4, -0.2) is 48.1 Å². The van der Waals surface area contributed by atoms with Gasteiger partial charge in [0, 0.05) is 41.6 Å². The molecule has 276 valence electrons. The van der Waals surface area contributed by atoms with Gasteiger partial charge < -0.3 is 9.84 Å². The molecule has 2 atom stereocenters. The summed E-state index contributed by atoms with van der Waals surface area (Å²) in [5.74, 6) is 2.44. The zero-order valence-electron chi connectivity index (χ0n) is 32.8. The minimum Gasteiger partial charge on any atom is -0.456 e. The predicted molar refractivity (Wildman–Crippen MR) is 241 cm³/mol. The molecule has 0 amide bonds. The Morgan fingerprint density at radius 1 is 0.596 bits per heavy atom. The Morgan fingerprint density at radius 2 is 1.16 bits per heavy atom. The van der Waals surface area contributed by atoms with Crippen LogP contribution in [0.15, 0.2) is 196 Å². The fourth-order valence-corrected chi connectivity index (χ4v) is 14.1. The van der Waals surface area contributed by atoms with Crippen molar-refractivity contribution in [2.75, 3.05) is 0 Å². The zero-order chi connectivity index (χ0) is 39.2. The Morgan fingerprint density at radius 3 is 1.84 bits per heavy atom. The minimum atomic E-state index is -2.29. The molecule has 9 aromatic rings. The fraction of sp³-hybridized carbons (Fsp3) is 0.104. The molecule has 0 fully saturated rings. The summed E-state index contributed by atoms with van der Waals surface area (Å²) in [6.45, 7) is 4.19. The van der Waals surface area contributed by atoms with Crippen molar-refractivity contribution in [2.24, 2.45) is 0 Å². The van der Waals surface area contributed by atoms with Gasteiger partial charge in [0.25, 0.3) is 0 Å². The van der Waals surface area contributed by atoms with Crippen molar-refractivity contribution in [1.29, 1.82) is 0 Å². The van der Waals surface area contributed by atoms with Crippen LogP contribution in [0.25, 0.3) is 33.5 Å². The summed E-state index contributed by atoms with van der Waals surface area (Å²) in [5, 5.41) is 12.2. The van der Waals surface area contributed by atoms with Crippen LogP contribution in [0.3, 0.4) is 0 Å². The minimum absolute atomic E-state index is 0.412. The molecule has 1 aliphatic heterocycles. The van der Waals surface area contributed by atoms with E-state index in [1.165, 1.54) is 9.79 Å². The van der Waals surface area contributed by atoms with E-state index in [1.54, 1.807) is 0 Å². The van der Waals surface area contributed by atoms with Gasteiger partial charge in [0.15, 0.2) is 0 Å². The van der Waals surface area contributed by atoms with Crippen LogP contribution in [0.4, 0.5) is 0 Å².